The number of carbonyl (C=O) groups is 1. The van der Waals surface area contributed by atoms with Gasteiger partial charge in [-0.2, -0.15) is 0 Å². The van der Waals surface area contributed by atoms with Crippen molar-refractivity contribution in [3.05, 3.63) is 0 Å². The highest BCUT2D eigenvalue weighted by molar-refractivity contribution is 5.74. The van der Waals surface area contributed by atoms with Gasteiger partial charge in [0.25, 0.3) is 0 Å². The third kappa shape index (κ3) is 16.3. The van der Waals surface area contributed by atoms with Gasteiger partial charge in [-0.15, -0.1) is 0 Å². The van der Waals surface area contributed by atoms with E-state index in [9.17, 15) is 9.90 Å². The molecule has 24 heavy (non-hydrogen) atoms. The smallest absolute Gasteiger partial charge is 0.334 e. The maximum atomic E-state index is 11.0. The summed E-state index contributed by atoms with van der Waals surface area (Å²) in [4.78, 5) is 11.0. The summed E-state index contributed by atoms with van der Waals surface area (Å²) in [6.07, 6.45) is 20.9. The highest BCUT2D eigenvalue weighted by Crippen LogP contribution is 2.14. The molecule has 0 aliphatic rings. The first kappa shape index (κ1) is 23.4. The molecule has 1 atom stereocenters. The molecule has 0 fully saturated rings. The molecular formula is C21H42O3. The van der Waals surface area contributed by atoms with Crippen LogP contribution in [0.2, 0.25) is 0 Å². The van der Waals surface area contributed by atoms with Crippen LogP contribution in [-0.2, 0) is 9.53 Å². The summed E-state index contributed by atoms with van der Waals surface area (Å²) in [5.41, 5.74) is 0. The van der Waals surface area contributed by atoms with E-state index in [0.29, 0.717) is 6.42 Å². The lowest BCUT2D eigenvalue weighted by Gasteiger charge is -2.07. The van der Waals surface area contributed by atoms with Gasteiger partial charge in [-0.3, -0.25) is 0 Å². The monoisotopic (exact) mass is 342 g/mol. The van der Waals surface area contributed by atoms with E-state index in [1.54, 1.807) is 0 Å². The number of hydrogen-bond acceptors (Lipinski definition) is 3. The molecule has 0 heterocycles. The third-order valence-electron chi connectivity index (χ3n) is 4.80. The zero-order valence-corrected chi connectivity index (χ0v) is 16.4. The second-order valence-corrected chi connectivity index (χ2v) is 7.13. The molecule has 0 amide bonds. The first-order valence-corrected chi connectivity index (χ1v) is 10.5. The molecule has 0 aliphatic carbocycles. The van der Waals surface area contributed by atoms with Gasteiger partial charge in [0.1, 0.15) is 0 Å². The Morgan fingerprint density at radius 1 is 0.708 bits per heavy atom. The van der Waals surface area contributed by atoms with E-state index in [2.05, 4.69) is 11.7 Å². The summed E-state index contributed by atoms with van der Waals surface area (Å²) in [6, 6.07) is 0. The fourth-order valence-corrected chi connectivity index (χ4v) is 3.14. The standard InChI is InChI=1S/C21H42O3/c1-3-4-5-6-7-8-9-10-11-12-13-14-15-16-17-18-19-20(22)21(23)24-2/h20,22H,3-19H2,1-2H3/t20-/m0/s1. The van der Waals surface area contributed by atoms with Crippen molar-refractivity contribution in [2.24, 2.45) is 0 Å². The van der Waals surface area contributed by atoms with Gasteiger partial charge in [-0.1, -0.05) is 110 Å². The molecule has 0 bridgehead atoms. The molecule has 3 nitrogen and oxygen atoms in total. The molecule has 0 radical (unpaired) electrons. The van der Waals surface area contributed by atoms with Crippen LogP contribution < -0.4 is 0 Å². The average molecular weight is 343 g/mol. The highest BCUT2D eigenvalue weighted by atomic mass is 16.5. The Bertz CT molecular complexity index is 266. The predicted molar refractivity (Wildman–Crippen MR) is 102 cm³/mol. The Balaban J connectivity index is 3.09. The number of methoxy groups -OCH3 is 1. The summed E-state index contributed by atoms with van der Waals surface area (Å²) in [7, 11) is 1.32. The van der Waals surface area contributed by atoms with Crippen molar-refractivity contribution >= 4 is 5.97 Å². The van der Waals surface area contributed by atoms with Crippen LogP contribution in [0.1, 0.15) is 116 Å². The number of esters is 1. The van der Waals surface area contributed by atoms with E-state index < -0.39 is 12.1 Å². The Kier molecular flexibility index (Phi) is 18.3. The number of rotatable bonds is 18. The van der Waals surface area contributed by atoms with Crippen molar-refractivity contribution in [1.29, 1.82) is 0 Å². The summed E-state index contributed by atoms with van der Waals surface area (Å²) in [6.45, 7) is 2.27. The summed E-state index contributed by atoms with van der Waals surface area (Å²) in [5.74, 6) is -0.504. The number of aliphatic hydroxyl groups is 1. The van der Waals surface area contributed by atoms with Crippen molar-refractivity contribution in [3.8, 4) is 0 Å². The van der Waals surface area contributed by atoms with Crippen molar-refractivity contribution in [3.63, 3.8) is 0 Å². The van der Waals surface area contributed by atoms with E-state index in [1.807, 2.05) is 0 Å². The quantitative estimate of drug-likeness (QED) is 0.239. The van der Waals surface area contributed by atoms with Gasteiger partial charge in [-0.05, 0) is 6.42 Å². The lowest BCUT2D eigenvalue weighted by molar-refractivity contribution is -0.150. The van der Waals surface area contributed by atoms with Crippen LogP contribution >= 0.6 is 0 Å². The van der Waals surface area contributed by atoms with Crippen LogP contribution in [0.4, 0.5) is 0 Å². The van der Waals surface area contributed by atoms with Crippen LogP contribution in [0, 0.1) is 0 Å². The molecular weight excluding hydrogens is 300 g/mol. The van der Waals surface area contributed by atoms with Crippen LogP contribution in [0.5, 0.6) is 0 Å². The van der Waals surface area contributed by atoms with Crippen molar-refractivity contribution < 1.29 is 14.6 Å². The SMILES string of the molecule is CCCCCCCCCCCCCCCCCC[C@H](O)C(=O)OC. The van der Waals surface area contributed by atoms with Crippen LogP contribution in [0.25, 0.3) is 0 Å². The fraction of sp³-hybridized carbons (Fsp3) is 0.952. The Morgan fingerprint density at radius 2 is 1.04 bits per heavy atom. The Hall–Kier alpha value is -0.570. The molecule has 0 aromatic rings. The van der Waals surface area contributed by atoms with E-state index in [-0.39, 0.29) is 0 Å². The van der Waals surface area contributed by atoms with E-state index >= 15 is 0 Å². The first-order valence-electron chi connectivity index (χ1n) is 10.5. The molecule has 0 spiro atoms. The third-order valence-corrected chi connectivity index (χ3v) is 4.80. The molecule has 0 aliphatic heterocycles. The largest absolute Gasteiger partial charge is 0.467 e. The normalized spacial score (nSPS) is 12.3. The van der Waals surface area contributed by atoms with Gasteiger partial charge < -0.3 is 9.84 Å². The molecule has 0 saturated carbocycles. The lowest BCUT2D eigenvalue weighted by atomic mass is 10.0. The molecule has 3 heteroatoms. The lowest BCUT2D eigenvalue weighted by Crippen LogP contribution is -2.21. The van der Waals surface area contributed by atoms with Gasteiger partial charge in [0, 0.05) is 0 Å². The van der Waals surface area contributed by atoms with Crippen LogP contribution in [0.15, 0.2) is 0 Å². The van der Waals surface area contributed by atoms with Crippen LogP contribution in [0.3, 0.4) is 0 Å². The first-order chi connectivity index (χ1) is 11.7. The minimum Gasteiger partial charge on any atom is -0.467 e. The fourth-order valence-electron chi connectivity index (χ4n) is 3.14. The minimum absolute atomic E-state index is 0.504. The molecule has 0 rings (SSSR count). The molecule has 144 valence electrons. The molecule has 0 saturated heterocycles. The molecule has 0 aromatic heterocycles. The van der Waals surface area contributed by atoms with Crippen molar-refractivity contribution in [2.75, 3.05) is 7.11 Å². The van der Waals surface area contributed by atoms with Crippen LogP contribution in [-0.4, -0.2) is 24.3 Å². The maximum Gasteiger partial charge on any atom is 0.334 e. The Labute approximate surface area is 150 Å². The zero-order chi connectivity index (χ0) is 17.9. The average Bonchev–Trinajstić information content (AvgIpc) is 2.60. The van der Waals surface area contributed by atoms with Gasteiger partial charge in [0.15, 0.2) is 6.10 Å². The van der Waals surface area contributed by atoms with Crippen molar-refractivity contribution in [1.82, 2.24) is 0 Å². The van der Waals surface area contributed by atoms with Crippen molar-refractivity contribution in [2.45, 2.75) is 122 Å². The molecule has 0 unspecified atom stereocenters. The zero-order valence-electron chi connectivity index (χ0n) is 16.4. The number of unbranched alkanes of at least 4 members (excludes halogenated alkanes) is 15. The second kappa shape index (κ2) is 18.8. The van der Waals surface area contributed by atoms with Gasteiger partial charge >= 0.3 is 5.97 Å². The summed E-state index contributed by atoms with van der Waals surface area (Å²) < 4.78 is 4.50. The van der Waals surface area contributed by atoms with Gasteiger partial charge in [0.05, 0.1) is 7.11 Å². The molecule has 0 aromatic carbocycles. The second-order valence-electron chi connectivity index (χ2n) is 7.13. The Morgan fingerprint density at radius 3 is 1.38 bits per heavy atom. The topological polar surface area (TPSA) is 46.5 Å². The number of carbonyl (C=O) groups excluding carboxylic acids is 1. The van der Waals surface area contributed by atoms with E-state index in [1.165, 1.54) is 97.0 Å². The van der Waals surface area contributed by atoms with E-state index in [0.717, 1.165) is 12.8 Å². The van der Waals surface area contributed by atoms with Gasteiger partial charge in [0.2, 0.25) is 0 Å². The number of ether oxygens (including phenoxy) is 1. The summed E-state index contributed by atoms with van der Waals surface area (Å²) >= 11 is 0. The molecule has 1 N–H and O–H groups in total. The minimum atomic E-state index is -0.929. The highest BCUT2D eigenvalue weighted by Gasteiger charge is 2.13. The predicted octanol–water partition coefficient (Wildman–Crippen LogP) is 6.17. The number of hydrogen-bond donors (Lipinski definition) is 1. The summed E-state index contributed by atoms with van der Waals surface area (Å²) in [5, 5.41) is 9.46. The number of aliphatic hydroxyl groups excluding tert-OH is 1. The van der Waals surface area contributed by atoms with E-state index in [4.69, 9.17) is 0 Å². The van der Waals surface area contributed by atoms with Gasteiger partial charge in [-0.25, -0.2) is 4.79 Å². The maximum absolute atomic E-state index is 11.0.